The van der Waals surface area contributed by atoms with E-state index in [1.54, 1.807) is 14.2 Å². The number of piperidine rings is 1. The first-order valence-electron chi connectivity index (χ1n) is 10.3. The second-order valence-corrected chi connectivity index (χ2v) is 8.22. The Kier molecular flexibility index (Phi) is 6.77. The minimum atomic E-state index is -0.393. The van der Waals surface area contributed by atoms with Crippen LogP contribution in [0.2, 0.25) is 0 Å². The average molecular weight is 375 g/mol. The van der Waals surface area contributed by atoms with E-state index in [1.165, 1.54) is 24.8 Å². The summed E-state index contributed by atoms with van der Waals surface area (Å²) in [6, 6.07) is 8.41. The van der Waals surface area contributed by atoms with Crippen molar-refractivity contribution in [2.75, 3.05) is 40.5 Å². The molecule has 1 aliphatic carbocycles. The van der Waals surface area contributed by atoms with Crippen molar-refractivity contribution in [3.63, 3.8) is 0 Å². The van der Waals surface area contributed by atoms with E-state index in [1.807, 2.05) is 12.1 Å². The van der Waals surface area contributed by atoms with Crippen LogP contribution in [0.3, 0.4) is 0 Å². The minimum Gasteiger partial charge on any atom is -0.497 e. The fourth-order valence-corrected chi connectivity index (χ4v) is 4.80. The molecule has 5 nitrogen and oxygen atoms in total. The van der Waals surface area contributed by atoms with Crippen molar-refractivity contribution < 1.29 is 14.3 Å². The fraction of sp³-hybridized carbons (Fsp3) is 0.682. The van der Waals surface area contributed by atoms with Crippen molar-refractivity contribution in [2.24, 2.45) is 5.41 Å². The Labute approximate surface area is 163 Å². The Morgan fingerprint density at radius 1 is 1.04 bits per heavy atom. The summed E-state index contributed by atoms with van der Waals surface area (Å²) in [4.78, 5) is 13.2. The Morgan fingerprint density at radius 3 is 2.30 bits per heavy atom. The molecule has 1 saturated heterocycles. The molecule has 0 aromatic heterocycles. The van der Waals surface area contributed by atoms with Gasteiger partial charge in [0, 0.05) is 19.1 Å². The highest BCUT2D eigenvalue weighted by Crippen LogP contribution is 2.40. The van der Waals surface area contributed by atoms with Crippen LogP contribution in [-0.2, 0) is 14.9 Å². The molecular weight excluding hydrogens is 340 g/mol. The van der Waals surface area contributed by atoms with E-state index in [4.69, 9.17) is 9.47 Å². The lowest BCUT2D eigenvalue weighted by Crippen LogP contribution is -2.53. The SMILES string of the molecule is COCC1(C(=O)NCC2(c3ccc(OC)cc3)CCCCC2)CCNCC1. The Balaban J connectivity index is 1.75. The predicted molar refractivity (Wildman–Crippen MR) is 107 cm³/mol. The van der Waals surface area contributed by atoms with Crippen LogP contribution in [0.4, 0.5) is 0 Å². The topological polar surface area (TPSA) is 59.6 Å². The lowest BCUT2D eigenvalue weighted by atomic mass is 9.69. The molecule has 1 heterocycles. The molecule has 1 amide bonds. The van der Waals surface area contributed by atoms with Gasteiger partial charge in [0.1, 0.15) is 5.75 Å². The van der Waals surface area contributed by atoms with Gasteiger partial charge in [-0.05, 0) is 56.5 Å². The van der Waals surface area contributed by atoms with Gasteiger partial charge in [0.25, 0.3) is 0 Å². The van der Waals surface area contributed by atoms with Crippen LogP contribution in [0.5, 0.6) is 5.75 Å². The van der Waals surface area contributed by atoms with E-state index < -0.39 is 5.41 Å². The van der Waals surface area contributed by atoms with E-state index >= 15 is 0 Å². The molecule has 0 atom stereocenters. The van der Waals surface area contributed by atoms with E-state index in [-0.39, 0.29) is 11.3 Å². The minimum absolute atomic E-state index is 0.0291. The van der Waals surface area contributed by atoms with Crippen LogP contribution in [-0.4, -0.2) is 46.4 Å². The molecule has 150 valence electrons. The second kappa shape index (κ2) is 9.07. The van der Waals surface area contributed by atoms with Gasteiger partial charge in [-0.25, -0.2) is 0 Å². The Morgan fingerprint density at radius 2 is 1.70 bits per heavy atom. The van der Waals surface area contributed by atoms with Crippen LogP contribution >= 0.6 is 0 Å². The summed E-state index contributed by atoms with van der Waals surface area (Å²) in [6.07, 6.45) is 7.64. The van der Waals surface area contributed by atoms with Gasteiger partial charge in [0.2, 0.25) is 5.91 Å². The molecule has 0 spiro atoms. The van der Waals surface area contributed by atoms with Crippen LogP contribution < -0.4 is 15.4 Å². The Hall–Kier alpha value is -1.59. The van der Waals surface area contributed by atoms with Crippen molar-refractivity contribution in [3.05, 3.63) is 29.8 Å². The van der Waals surface area contributed by atoms with Crippen LogP contribution in [0.25, 0.3) is 0 Å². The van der Waals surface area contributed by atoms with Crippen LogP contribution in [0.15, 0.2) is 24.3 Å². The van der Waals surface area contributed by atoms with Gasteiger partial charge in [-0.3, -0.25) is 4.79 Å². The normalized spacial score (nSPS) is 21.4. The molecule has 2 N–H and O–H groups in total. The molecule has 1 saturated carbocycles. The van der Waals surface area contributed by atoms with Crippen molar-refractivity contribution in [1.29, 1.82) is 0 Å². The maximum absolute atomic E-state index is 13.2. The van der Waals surface area contributed by atoms with Gasteiger partial charge < -0.3 is 20.1 Å². The molecule has 2 aliphatic rings. The fourth-order valence-electron chi connectivity index (χ4n) is 4.80. The Bertz CT molecular complexity index is 597. The highest BCUT2D eigenvalue weighted by Gasteiger charge is 2.41. The van der Waals surface area contributed by atoms with Crippen molar-refractivity contribution in [2.45, 2.75) is 50.4 Å². The number of benzene rings is 1. The molecule has 0 unspecified atom stereocenters. The zero-order valence-electron chi connectivity index (χ0n) is 16.8. The highest BCUT2D eigenvalue weighted by molar-refractivity contribution is 5.83. The first-order valence-corrected chi connectivity index (χ1v) is 10.3. The second-order valence-electron chi connectivity index (χ2n) is 8.22. The lowest BCUT2D eigenvalue weighted by molar-refractivity contribution is -0.136. The smallest absolute Gasteiger partial charge is 0.228 e. The summed E-state index contributed by atoms with van der Waals surface area (Å²) >= 11 is 0. The molecule has 1 aliphatic heterocycles. The van der Waals surface area contributed by atoms with E-state index in [0.717, 1.165) is 44.5 Å². The number of amides is 1. The lowest BCUT2D eigenvalue weighted by Gasteiger charge is -2.40. The summed E-state index contributed by atoms with van der Waals surface area (Å²) in [5, 5.41) is 6.69. The third kappa shape index (κ3) is 4.46. The molecule has 27 heavy (non-hydrogen) atoms. The summed E-state index contributed by atoms with van der Waals surface area (Å²) in [5.41, 5.74) is 0.950. The van der Waals surface area contributed by atoms with Gasteiger partial charge >= 0.3 is 0 Å². The monoisotopic (exact) mass is 374 g/mol. The molecule has 3 rings (SSSR count). The average Bonchev–Trinajstić information content (AvgIpc) is 2.73. The number of nitrogens with one attached hydrogen (secondary N) is 2. The van der Waals surface area contributed by atoms with Gasteiger partial charge in [0.05, 0.1) is 19.1 Å². The van der Waals surface area contributed by atoms with Crippen molar-refractivity contribution in [1.82, 2.24) is 10.6 Å². The molecule has 0 bridgehead atoms. The third-order valence-corrected chi connectivity index (χ3v) is 6.56. The number of carbonyl (C=O) groups excluding carboxylic acids is 1. The summed E-state index contributed by atoms with van der Waals surface area (Å²) < 4.78 is 10.7. The number of ether oxygens (including phenoxy) is 2. The van der Waals surface area contributed by atoms with Crippen molar-refractivity contribution >= 4 is 5.91 Å². The number of hydrogen-bond donors (Lipinski definition) is 2. The zero-order chi connectivity index (χ0) is 19.2. The van der Waals surface area contributed by atoms with E-state index in [0.29, 0.717) is 13.2 Å². The molecule has 5 heteroatoms. The zero-order valence-corrected chi connectivity index (χ0v) is 16.8. The molecule has 1 aromatic rings. The summed E-state index contributed by atoms with van der Waals surface area (Å²) in [5.74, 6) is 1.03. The van der Waals surface area contributed by atoms with Crippen molar-refractivity contribution in [3.8, 4) is 5.75 Å². The van der Waals surface area contributed by atoms with Gasteiger partial charge in [-0.15, -0.1) is 0 Å². The highest BCUT2D eigenvalue weighted by atomic mass is 16.5. The standard InChI is InChI=1S/C22H34N2O3/c1-26-17-22(12-14-23-15-13-22)20(25)24-16-21(10-4-3-5-11-21)18-6-8-19(27-2)9-7-18/h6-9,23H,3-5,10-17H2,1-2H3,(H,24,25). The molecule has 0 radical (unpaired) electrons. The van der Waals surface area contributed by atoms with Gasteiger partial charge in [0.15, 0.2) is 0 Å². The molecular formula is C22H34N2O3. The maximum atomic E-state index is 13.2. The first-order chi connectivity index (χ1) is 13.1. The van der Waals surface area contributed by atoms with E-state index in [2.05, 4.69) is 22.8 Å². The van der Waals surface area contributed by atoms with Crippen LogP contribution in [0.1, 0.15) is 50.5 Å². The third-order valence-electron chi connectivity index (χ3n) is 6.56. The summed E-state index contributed by atoms with van der Waals surface area (Å²) in [6.45, 7) is 2.95. The number of hydrogen-bond acceptors (Lipinski definition) is 4. The molecule has 2 fully saturated rings. The number of rotatable bonds is 7. The maximum Gasteiger partial charge on any atom is 0.228 e. The predicted octanol–water partition coefficient (Wildman–Crippen LogP) is 3.03. The van der Waals surface area contributed by atoms with E-state index in [9.17, 15) is 4.79 Å². The van der Waals surface area contributed by atoms with Gasteiger partial charge in [-0.2, -0.15) is 0 Å². The van der Waals surface area contributed by atoms with Gasteiger partial charge in [-0.1, -0.05) is 31.4 Å². The van der Waals surface area contributed by atoms with Crippen LogP contribution in [0, 0.1) is 5.41 Å². The number of methoxy groups -OCH3 is 2. The summed E-state index contributed by atoms with van der Waals surface area (Å²) in [7, 11) is 3.39. The number of carbonyl (C=O) groups is 1. The quantitative estimate of drug-likeness (QED) is 0.770. The largest absolute Gasteiger partial charge is 0.497 e. The first kappa shape index (κ1) is 20.2. The molecule has 1 aromatic carbocycles.